The number of halogens is 1. The van der Waals surface area contributed by atoms with Crippen molar-refractivity contribution in [2.45, 2.75) is 52.0 Å². The molecule has 0 bridgehead atoms. The summed E-state index contributed by atoms with van der Waals surface area (Å²) in [4.78, 5) is 16.1. The average Bonchev–Trinajstić information content (AvgIpc) is 2.50. The van der Waals surface area contributed by atoms with Crippen LogP contribution in [0.5, 0.6) is 0 Å². The van der Waals surface area contributed by atoms with Gasteiger partial charge in [0.25, 0.3) is 5.91 Å². The lowest BCUT2D eigenvalue weighted by atomic mass is 9.84. The van der Waals surface area contributed by atoms with E-state index in [9.17, 15) is 9.18 Å². The monoisotopic (exact) mass is 293 g/mol. The largest absolute Gasteiger partial charge is 0.368 e. The quantitative estimate of drug-likeness (QED) is 0.875. The Morgan fingerprint density at radius 3 is 2.67 bits per heavy atom. The van der Waals surface area contributed by atoms with Gasteiger partial charge in [0.1, 0.15) is 0 Å². The van der Waals surface area contributed by atoms with Crippen LogP contribution in [-0.2, 0) is 0 Å². The number of anilines is 1. The van der Waals surface area contributed by atoms with Crippen molar-refractivity contribution in [2.24, 2.45) is 5.92 Å². The molecule has 4 nitrogen and oxygen atoms in total. The normalized spacial score (nSPS) is 21.9. The lowest BCUT2D eigenvalue weighted by molar-refractivity contribution is 0.0917. The van der Waals surface area contributed by atoms with Gasteiger partial charge in [-0.3, -0.25) is 4.79 Å². The van der Waals surface area contributed by atoms with Gasteiger partial charge in [-0.2, -0.15) is 0 Å². The van der Waals surface area contributed by atoms with Gasteiger partial charge >= 0.3 is 0 Å². The third-order valence-electron chi connectivity index (χ3n) is 4.24. The zero-order valence-corrected chi connectivity index (χ0v) is 12.8. The second kappa shape index (κ2) is 7.38. The summed E-state index contributed by atoms with van der Waals surface area (Å²) in [5.74, 6) is 0.00380. The van der Waals surface area contributed by atoms with Gasteiger partial charge in [0.15, 0.2) is 11.6 Å². The number of hydrogen-bond acceptors (Lipinski definition) is 3. The fourth-order valence-corrected chi connectivity index (χ4v) is 2.89. The van der Waals surface area contributed by atoms with E-state index in [2.05, 4.69) is 22.5 Å². The lowest BCUT2D eigenvalue weighted by Crippen LogP contribution is -2.38. The maximum Gasteiger partial charge on any atom is 0.254 e. The third-order valence-corrected chi connectivity index (χ3v) is 4.24. The first-order valence-electron chi connectivity index (χ1n) is 7.84. The summed E-state index contributed by atoms with van der Waals surface area (Å²) >= 11 is 0. The van der Waals surface area contributed by atoms with Crippen molar-refractivity contribution in [3.8, 4) is 0 Å². The smallest absolute Gasteiger partial charge is 0.254 e. The van der Waals surface area contributed by atoms with Crippen LogP contribution in [0.15, 0.2) is 12.3 Å². The van der Waals surface area contributed by atoms with Gasteiger partial charge in [-0.25, -0.2) is 9.37 Å². The zero-order valence-electron chi connectivity index (χ0n) is 12.8. The van der Waals surface area contributed by atoms with Crippen LogP contribution in [0, 0.1) is 11.7 Å². The second-order valence-electron chi connectivity index (χ2n) is 5.65. The Morgan fingerprint density at radius 2 is 2.05 bits per heavy atom. The molecule has 2 N–H and O–H groups in total. The maximum atomic E-state index is 14.2. The predicted molar refractivity (Wildman–Crippen MR) is 81.9 cm³/mol. The van der Waals surface area contributed by atoms with Crippen LogP contribution in [-0.4, -0.2) is 23.5 Å². The minimum atomic E-state index is -0.570. The van der Waals surface area contributed by atoms with E-state index in [-0.39, 0.29) is 23.3 Å². The molecular weight excluding hydrogens is 269 g/mol. The summed E-state index contributed by atoms with van der Waals surface area (Å²) in [6.07, 6.45) is 6.91. The Labute approximate surface area is 125 Å². The van der Waals surface area contributed by atoms with Gasteiger partial charge in [0.05, 0.1) is 5.56 Å². The number of amides is 1. The highest BCUT2D eigenvalue weighted by molar-refractivity contribution is 5.95. The van der Waals surface area contributed by atoms with Gasteiger partial charge in [-0.05, 0) is 44.6 Å². The van der Waals surface area contributed by atoms with Crippen LogP contribution in [0.4, 0.5) is 10.2 Å². The molecule has 0 spiro atoms. The summed E-state index contributed by atoms with van der Waals surface area (Å²) in [6.45, 7) is 4.63. The van der Waals surface area contributed by atoms with E-state index in [0.717, 1.165) is 31.6 Å². The standard InChI is InChI=1S/C16H24FN3O/c1-3-11-5-7-12(8-6-11)20-16(21)13-9-10-19-15(14(13)17)18-4-2/h9-12H,3-8H2,1-2H3,(H,18,19)(H,20,21). The van der Waals surface area contributed by atoms with Crippen molar-refractivity contribution in [3.63, 3.8) is 0 Å². The van der Waals surface area contributed by atoms with Gasteiger partial charge in [-0.1, -0.05) is 13.3 Å². The molecule has 0 aromatic carbocycles. The summed E-state index contributed by atoms with van der Waals surface area (Å²) < 4.78 is 14.2. The molecule has 0 aliphatic heterocycles. The molecular formula is C16H24FN3O. The molecule has 1 heterocycles. The number of rotatable bonds is 5. The molecule has 0 atom stereocenters. The first-order valence-corrected chi connectivity index (χ1v) is 7.84. The van der Waals surface area contributed by atoms with E-state index in [1.165, 1.54) is 18.7 Å². The number of nitrogens with zero attached hydrogens (tertiary/aromatic N) is 1. The van der Waals surface area contributed by atoms with Crippen LogP contribution in [0.2, 0.25) is 0 Å². The van der Waals surface area contributed by atoms with Crippen molar-refractivity contribution in [1.82, 2.24) is 10.3 Å². The fraction of sp³-hybridized carbons (Fsp3) is 0.625. The average molecular weight is 293 g/mol. The van der Waals surface area contributed by atoms with Crippen molar-refractivity contribution in [2.75, 3.05) is 11.9 Å². The molecule has 1 aromatic rings. The summed E-state index contributed by atoms with van der Waals surface area (Å²) in [7, 11) is 0. The van der Waals surface area contributed by atoms with E-state index >= 15 is 0 Å². The number of hydrogen-bond donors (Lipinski definition) is 2. The molecule has 21 heavy (non-hydrogen) atoms. The van der Waals surface area contributed by atoms with Gasteiger partial charge in [0.2, 0.25) is 0 Å². The molecule has 0 saturated heterocycles. The molecule has 1 saturated carbocycles. The highest BCUT2D eigenvalue weighted by Gasteiger charge is 2.23. The van der Waals surface area contributed by atoms with E-state index in [1.54, 1.807) is 0 Å². The van der Waals surface area contributed by atoms with E-state index in [4.69, 9.17) is 0 Å². The third kappa shape index (κ3) is 3.93. The molecule has 1 aliphatic carbocycles. The Hall–Kier alpha value is -1.65. The van der Waals surface area contributed by atoms with Crippen LogP contribution in [0.25, 0.3) is 0 Å². The highest BCUT2D eigenvalue weighted by Crippen LogP contribution is 2.26. The molecule has 116 valence electrons. The van der Waals surface area contributed by atoms with Gasteiger partial charge in [0, 0.05) is 18.8 Å². The summed E-state index contributed by atoms with van der Waals surface area (Å²) in [5.41, 5.74) is 0.0681. The van der Waals surface area contributed by atoms with Crippen LogP contribution < -0.4 is 10.6 Å². The summed E-state index contributed by atoms with van der Waals surface area (Å²) in [6, 6.07) is 1.60. The van der Waals surface area contributed by atoms with Crippen molar-refractivity contribution >= 4 is 11.7 Å². The highest BCUT2D eigenvalue weighted by atomic mass is 19.1. The number of aromatic nitrogens is 1. The molecule has 0 radical (unpaired) electrons. The topological polar surface area (TPSA) is 54.0 Å². The molecule has 1 fully saturated rings. The minimum absolute atomic E-state index is 0.0681. The molecule has 5 heteroatoms. The van der Waals surface area contributed by atoms with Crippen molar-refractivity contribution in [1.29, 1.82) is 0 Å². The van der Waals surface area contributed by atoms with E-state index in [0.29, 0.717) is 6.54 Å². The molecule has 1 aliphatic rings. The maximum absolute atomic E-state index is 14.2. The lowest BCUT2D eigenvalue weighted by Gasteiger charge is -2.28. The number of carbonyl (C=O) groups excluding carboxylic acids is 1. The number of carbonyl (C=O) groups is 1. The predicted octanol–water partition coefficient (Wildman–Crippen LogP) is 3.35. The Bertz CT molecular complexity index is 484. The fourth-order valence-electron chi connectivity index (χ4n) is 2.89. The Morgan fingerprint density at radius 1 is 1.33 bits per heavy atom. The molecule has 2 rings (SSSR count). The van der Waals surface area contributed by atoms with Gasteiger partial charge < -0.3 is 10.6 Å². The second-order valence-corrected chi connectivity index (χ2v) is 5.65. The van der Waals surface area contributed by atoms with E-state index < -0.39 is 5.82 Å². The molecule has 1 amide bonds. The van der Waals surface area contributed by atoms with Crippen LogP contribution >= 0.6 is 0 Å². The van der Waals surface area contributed by atoms with E-state index in [1.807, 2.05) is 6.92 Å². The van der Waals surface area contributed by atoms with Crippen molar-refractivity contribution in [3.05, 3.63) is 23.6 Å². The SMILES string of the molecule is CCNc1nccc(C(=O)NC2CCC(CC)CC2)c1F. The summed E-state index contributed by atoms with van der Waals surface area (Å²) in [5, 5.41) is 5.78. The van der Waals surface area contributed by atoms with Gasteiger partial charge in [-0.15, -0.1) is 0 Å². The number of nitrogens with one attached hydrogen (secondary N) is 2. The molecule has 1 aromatic heterocycles. The Balaban J connectivity index is 1.99. The zero-order chi connectivity index (χ0) is 15.2. The first kappa shape index (κ1) is 15.7. The van der Waals surface area contributed by atoms with Crippen molar-refractivity contribution < 1.29 is 9.18 Å². The minimum Gasteiger partial charge on any atom is -0.368 e. The van der Waals surface area contributed by atoms with Crippen LogP contribution in [0.3, 0.4) is 0 Å². The first-order chi connectivity index (χ1) is 10.2. The molecule has 0 unspecified atom stereocenters. The van der Waals surface area contributed by atoms with Crippen LogP contribution in [0.1, 0.15) is 56.3 Å². The Kier molecular flexibility index (Phi) is 5.53. The number of pyridine rings is 1.